The van der Waals surface area contributed by atoms with E-state index in [9.17, 15) is 0 Å². The van der Waals surface area contributed by atoms with Crippen LogP contribution in [-0.4, -0.2) is 31.5 Å². The average molecular weight is 540 g/mol. The molecule has 0 saturated heterocycles. The van der Waals surface area contributed by atoms with Crippen LogP contribution in [0.3, 0.4) is 0 Å². The fourth-order valence-electron chi connectivity index (χ4n) is 3.38. The monoisotopic (exact) mass is 538 g/mol. The van der Waals surface area contributed by atoms with E-state index in [0.717, 1.165) is 52.9 Å². The minimum absolute atomic E-state index is 0.556. The first-order valence-electron chi connectivity index (χ1n) is 11.2. The maximum atomic E-state index is 5.99. The van der Waals surface area contributed by atoms with Gasteiger partial charge in [0, 0.05) is 39.2 Å². The summed E-state index contributed by atoms with van der Waals surface area (Å²) in [6.45, 7) is 5.06. The number of nitrogens with zero attached hydrogens (tertiary/aromatic N) is 5. The van der Waals surface area contributed by atoms with Crippen LogP contribution >= 0.6 is 27.3 Å². The number of nitrogens with two attached hydrogens (primary N) is 1. The van der Waals surface area contributed by atoms with Gasteiger partial charge >= 0.3 is 0 Å². The molecule has 3 aromatic heterocycles. The topological polar surface area (TPSA) is 99.7 Å². The third kappa shape index (κ3) is 6.57. The minimum atomic E-state index is 0.556. The third-order valence-corrected chi connectivity index (χ3v) is 6.75. The Morgan fingerprint density at radius 3 is 2.65 bits per heavy atom. The molecule has 0 radical (unpaired) electrons. The maximum Gasteiger partial charge on any atom is 0.180 e. The summed E-state index contributed by atoms with van der Waals surface area (Å²) in [5, 5.41) is 0.601. The first-order valence-corrected chi connectivity index (χ1v) is 12.9. The molecule has 0 spiro atoms. The molecule has 0 saturated carbocycles. The van der Waals surface area contributed by atoms with Gasteiger partial charge in [-0.2, -0.15) is 0 Å². The lowest BCUT2D eigenvalue weighted by Crippen LogP contribution is -2.03. The summed E-state index contributed by atoms with van der Waals surface area (Å²) in [5.74, 6) is 1.97. The number of halogens is 1. The standard InChI is InChI=1S/C25H27BrN6OS/c1-16(2)8-11-33-18-6-7-21(26)20(13-18)22-12-17(4-3-5-19-14-30-25(27)34-19)31-24(32-22)23-15-28-9-10-29-23/h6-7,9-10,12-16H,3-5,8,11H2,1-2H3,(H2,27,30). The van der Waals surface area contributed by atoms with E-state index in [-0.39, 0.29) is 0 Å². The molecule has 0 unspecified atom stereocenters. The number of anilines is 1. The van der Waals surface area contributed by atoms with Crippen molar-refractivity contribution in [2.75, 3.05) is 12.3 Å². The molecule has 0 aliphatic rings. The van der Waals surface area contributed by atoms with Gasteiger partial charge in [0.2, 0.25) is 0 Å². The number of benzene rings is 1. The van der Waals surface area contributed by atoms with Crippen LogP contribution in [0.15, 0.2) is 53.5 Å². The van der Waals surface area contributed by atoms with Crippen LogP contribution < -0.4 is 10.5 Å². The van der Waals surface area contributed by atoms with Gasteiger partial charge in [-0.1, -0.05) is 29.8 Å². The fraction of sp³-hybridized carbons (Fsp3) is 0.320. The highest BCUT2D eigenvalue weighted by atomic mass is 79.9. The van der Waals surface area contributed by atoms with E-state index in [0.29, 0.717) is 29.2 Å². The van der Waals surface area contributed by atoms with Crippen molar-refractivity contribution in [3.8, 4) is 28.5 Å². The Hall–Kier alpha value is -2.91. The zero-order valence-electron chi connectivity index (χ0n) is 19.2. The molecule has 4 rings (SSSR count). The van der Waals surface area contributed by atoms with E-state index in [2.05, 4.69) is 44.7 Å². The number of aromatic nitrogens is 5. The molecule has 0 bridgehead atoms. The Bertz CT molecular complexity index is 1230. The van der Waals surface area contributed by atoms with Crippen LogP contribution in [0.1, 0.15) is 37.3 Å². The van der Waals surface area contributed by atoms with Gasteiger partial charge in [-0.05, 0) is 55.9 Å². The number of nitrogen functional groups attached to an aromatic ring is 1. The van der Waals surface area contributed by atoms with Gasteiger partial charge in [-0.15, -0.1) is 11.3 Å². The highest BCUT2D eigenvalue weighted by molar-refractivity contribution is 9.10. The maximum absolute atomic E-state index is 5.99. The molecule has 3 heterocycles. The van der Waals surface area contributed by atoms with E-state index in [1.165, 1.54) is 16.2 Å². The molecule has 9 heteroatoms. The van der Waals surface area contributed by atoms with Crippen LogP contribution in [0.2, 0.25) is 0 Å². The highest BCUT2D eigenvalue weighted by Gasteiger charge is 2.14. The molecule has 7 nitrogen and oxygen atoms in total. The summed E-state index contributed by atoms with van der Waals surface area (Å²) in [5.41, 5.74) is 9.11. The number of rotatable bonds is 10. The van der Waals surface area contributed by atoms with Crippen molar-refractivity contribution in [3.05, 3.63) is 64.1 Å². The molecule has 4 aromatic rings. The lowest BCUT2D eigenvalue weighted by molar-refractivity contribution is 0.289. The molecule has 0 aliphatic heterocycles. The summed E-state index contributed by atoms with van der Waals surface area (Å²) >= 11 is 5.22. The first-order chi connectivity index (χ1) is 16.5. The van der Waals surface area contributed by atoms with Crippen molar-refractivity contribution < 1.29 is 4.74 Å². The summed E-state index contributed by atoms with van der Waals surface area (Å²) in [7, 11) is 0. The van der Waals surface area contributed by atoms with Crippen LogP contribution in [0.25, 0.3) is 22.8 Å². The molecular formula is C25H27BrN6OS. The SMILES string of the molecule is CC(C)CCOc1ccc(Br)c(-c2cc(CCCc3cnc(N)s3)nc(-c3cnccn3)n2)c1. The number of thiazole rings is 1. The number of hydrogen-bond acceptors (Lipinski definition) is 8. The van der Waals surface area contributed by atoms with Crippen molar-refractivity contribution in [2.45, 2.75) is 39.5 Å². The largest absolute Gasteiger partial charge is 0.494 e. The van der Waals surface area contributed by atoms with Crippen LogP contribution in [0.4, 0.5) is 5.13 Å². The van der Waals surface area contributed by atoms with Gasteiger partial charge in [0.15, 0.2) is 11.0 Å². The van der Waals surface area contributed by atoms with Crippen LogP contribution in [0, 0.1) is 5.92 Å². The second-order valence-corrected chi connectivity index (χ2v) is 10.4. The summed E-state index contributed by atoms with van der Waals surface area (Å²) in [6, 6.07) is 8.04. The van der Waals surface area contributed by atoms with Crippen LogP contribution in [-0.2, 0) is 12.8 Å². The molecule has 0 aliphatic carbocycles. The van der Waals surface area contributed by atoms with Crippen molar-refractivity contribution >= 4 is 32.4 Å². The quantitative estimate of drug-likeness (QED) is 0.264. The summed E-state index contributed by atoms with van der Waals surface area (Å²) < 4.78 is 6.94. The second-order valence-electron chi connectivity index (χ2n) is 8.35. The Balaban J connectivity index is 1.62. The Labute approximate surface area is 212 Å². The molecule has 1 aromatic carbocycles. The molecule has 0 amide bonds. The lowest BCUT2D eigenvalue weighted by atomic mass is 10.1. The molecule has 0 atom stereocenters. The van der Waals surface area contributed by atoms with Crippen molar-refractivity contribution in [2.24, 2.45) is 5.92 Å². The third-order valence-electron chi connectivity index (χ3n) is 5.18. The highest BCUT2D eigenvalue weighted by Crippen LogP contribution is 2.32. The Kier molecular flexibility index (Phi) is 8.18. The van der Waals surface area contributed by atoms with E-state index in [1.54, 1.807) is 18.6 Å². The van der Waals surface area contributed by atoms with Gasteiger partial charge in [0.05, 0.1) is 18.5 Å². The van der Waals surface area contributed by atoms with E-state index < -0.39 is 0 Å². The van der Waals surface area contributed by atoms with Gasteiger partial charge in [-0.25, -0.2) is 19.9 Å². The Morgan fingerprint density at radius 1 is 1.03 bits per heavy atom. The number of ether oxygens (including phenoxy) is 1. The lowest BCUT2D eigenvalue weighted by Gasteiger charge is -2.12. The molecule has 34 heavy (non-hydrogen) atoms. The minimum Gasteiger partial charge on any atom is -0.494 e. The smallest absolute Gasteiger partial charge is 0.180 e. The zero-order chi connectivity index (χ0) is 23.9. The van der Waals surface area contributed by atoms with E-state index in [1.807, 2.05) is 30.5 Å². The molecular weight excluding hydrogens is 512 g/mol. The second kappa shape index (κ2) is 11.5. The Morgan fingerprint density at radius 2 is 1.91 bits per heavy atom. The van der Waals surface area contributed by atoms with Gasteiger partial charge < -0.3 is 10.5 Å². The fourth-order valence-corrected chi connectivity index (χ4v) is 4.55. The van der Waals surface area contributed by atoms with Crippen molar-refractivity contribution in [1.82, 2.24) is 24.9 Å². The van der Waals surface area contributed by atoms with Crippen LogP contribution in [0.5, 0.6) is 5.75 Å². The zero-order valence-corrected chi connectivity index (χ0v) is 21.6. The van der Waals surface area contributed by atoms with Gasteiger partial charge in [0.1, 0.15) is 11.4 Å². The first kappa shape index (κ1) is 24.2. The molecule has 176 valence electrons. The number of aryl methyl sites for hydroxylation is 2. The van der Waals surface area contributed by atoms with Gasteiger partial charge in [-0.3, -0.25) is 4.98 Å². The van der Waals surface area contributed by atoms with E-state index in [4.69, 9.17) is 20.4 Å². The normalized spacial score (nSPS) is 11.2. The molecule has 2 N–H and O–H groups in total. The average Bonchev–Trinajstić information content (AvgIpc) is 3.25. The molecule has 0 fully saturated rings. The van der Waals surface area contributed by atoms with Crippen molar-refractivity contribution in [1.29, 1.82) is 0 Å². The van der Waals surface area contributed by atoms with Crippen molar-refractivity contribution in [3.63, 3.8) is 0 Å². The van der Waals surface area contributed by atoms with Gasteiger partial charge in [0.25, 0.3) is 0 Å². The predicted molar refractivity (Wildman–Crippen MR) is 140 cm³/mol. The summed E-state index contributed by atoms with van der Waals surface area (Å²) in [4.78, 5) is 23.5. The number of hydrogen-bond donors (Lipinski definition) is 1. The van der Waals surface area contributed by atoms with E-state index >= 15 is 0 Å². The predicted octanol–water partition coefficient (Wildman–Crippen LogP) is 6.00. The summed E-state index contributed by atoms with van der Waals surface area (Å²) in [6.07, 6.45) is 10.5.